The minimum absolute atomic E-state index is 0.849. The lowest BCUT2D eigenvalue weighted by Gasteiger charge is -2.21. The van der Waals surface area contributed by atoms with E-state index in [9.17, 15) is 0 Å². The van der Waals surface area contributed by atoms with Gasteiger partial charge < -0.3 is 9.88 Å². The monoisotopic (exact) mass is 252 g/mol. The molecule has 2 rings (SSSR count). The van der Waals surface area contributed by atoms with Gasteiger partial charge in [-0.25, -0.2) is 0 Å². The third-order valence-electron chi connectivity index (χ3n) is 3.27. The van der Waals surface area contributed by atoms with Crippen molar-refractivity contribution in [2.75, 3.05) is 12.3 Å². The highest BCUT2D eigenvalue weighted by atomic mass is 32.2. The summed E-state index contributed by atoms with van der Waals surface area (Å²) in [5.41, 5.74) is 1.42. The van der Waals surface area contributed by atoms with Crippen LogP contribution in [0.5, 0.6) is 0 Å². The van der Waals surface area contributed by atoms with Crippen LogP contribution in [-0.2, 0) is 13.1 Å². The number of rotatable bonds is 6. The summed E-state index contributed by atoms with van der Waals surface area (Å²) in [5.74, 6) is 1.36. The molecule has 1 aliphatic rings. The van der Waals surface area contributed by atoms with Gasteiger partial charge in [0.15, 0.2) is 0 Å². The number of nitrogens with zero attached hydrogens (tertiary/aromatic N) is 1. The molecule has 1 saturated heterocycles. The van der Waals surface area contributed by atoms with Gasteiger partial charge in [0, 0.05) is 37.3 Å². The fraction of sp³-hybridized carbons (Fsp3) is 0.714. The number of aromatic nitrogens is 1. The zero-order valence-corrected chi connectivity index (χ0v) is 11.6. The molecule has 1 atom stereocenters. The van der Waals surface area contributed by atoms with Crippen molar-refractivity contribution in [2.45, 2.75) is 50.9 Å². The molecule has 0 aliphatic carbocycles. The molecule has 0 bridgehead atoms. The maximum Gasteiger partial charge on any atom is 0.0220 e. The van der Waals surface area contributed by atoms with E-state index < -0.39 is 0 Å². The lowest BCUT2D eigenvalue weighted by molar-refractivity contribution is 0.596. The summed E-state index contributed by atoms with van der Waals surface area (Å²) in [4.78, 5) is 0. The first-order valence-corrected chi connectivity index (χ1v) is 7.90. The van der Waals surface area contributed by atoms with Gasteiger partial charge in [-0.1, -0.05) is 13.3 Å². The molecule has 0 aromatic carbocycles. The van der Waals surface area contributed by atoms with E-state index in [0.29, 0.717) is 0 Å². The van der Waals surface area contributed by atoms with E-state index in [1.54, 1.807) is 0 Å². The van der Waals surface area contributed by atoms with Crippen molar-refractivity contribution >= 4 is 11.8 Å². The summed E-state index contributed by atoms with van der Waals surface area (Å²) in [6.45, 7) is 5.55. The Kier molecular flexibility index (Phi) is 5.46. The van der Waals surface area contributed by atoms with Gasteiger partial charge in [-0.15, -0.1) is 0 Å². The standard InChI is InChI=1S/C14H24N2S/c1-2-7-16-8-6-13(12-16)10-15-11-14-5-3-4-9-17-14/h6,8,12,14-15H,2-5,7,9-11H2,1H3. The fourth-order valence-corrected chi connectivity index (χ4v) is 3.61. The van der Waals surface area contributed by atoms with Gasteiger partial charge in [0.2, 0.25) is 0 Å². The van der Waals surface area contributed by atoms with Crippen molar-refractivity contribution in [3.05, 3.63) is 24.0 Å². The maximum absolute atomic E-state index is 3.59. The molecule has 1 aliphatic heterocycles. The van der Waals surface area contributed by atoms with E-state index in [-0.39, 0.29) is 0 Å². The molecule has 3 heteroatoms. The fourth-order valence-electron chi connectivity index (χ4n) is 2.34. The normalized spacial score (nSPS) is 20.6. The quantitative estimate of drug-likeness (QED) is 0.837. The zero-order chi connectivity index (χ0) is 11.9. The first kappa shape index (κ1) is 13.0. The molecule has 0 amide bonds. The molecule has 1 N–H and O–H groups in total. The van der Waals surface area contributed by atoms with Crippen LogP contribution in [0.4, 0.5) is 0 Å². The highest BCUT2D eigenvalue weighted by Gasteiger charge is 2.12. The molecule has 0 saturated carbocycles. The van der Waals surface area contributed by atoms with Gasteiger partial charge in [-0.2, -0.15) is 11.8 Å². The second kappa shape index (κ2) is 7.12. The lowest BCUT2D eigenvalue weighted by Crippen LogP contribution is -2.26. The highest BCUT2D eigenvalue weighted by molar-refractivity contribution is 7.99. The van der Waals surface area contributed by atoms with E-state index in [2.05, 4.69) is 47.0 Å². The Morgan fingerprint density at radius 1 is 1.47 bits per heavy atom. The Labute approximate surface area is 109 Å². The average molecular weight is 252 g/mol. The number of nitrogens with one attached hydrogen (secondary N) is 1. The molecule has 1 unspecified atom stereocenters. The molecule has 2 nitrogen and oxygen atoms in total. The molecule has 2 heterocycles. The molecule has 17 heavy (non-hydrogen) atoms. The second-order valence-electron chi connectivity index (χ2n) is 4.88. The van der Waals surface area contributed by atoms with Crippen molar-refractivity contribution in [2.24, 2.45) is 0 Å². The molecular weight excluding hydrogens is 228 g/mol. The van der Waals surface area contributed by atoms with Crippen LogP contribution < -0.4 is 5.32 Å². The Bertz CT molecular complexity index is 316. The largest absolute Gasteiger partial charge is 0.354 e. The van der Waals surface area contributed by atoms with Crippen molar-refractivity contribution in [3.63, 3.8) is 0 Å². The molecular formula is C14H24N2S. The van der Waals surface area contributed by atoms with Gasteiger partial charge in [0.25, 0.3) is 0 Å². The molecule has 1 aromatic rings. The third-order valence-corrected chi connectivity index (χ3v) is 4.67. The van der Waals surface area contributed by atoms with E-state index in [1.807, 2.05) is 0 Å². The van der Waals surface area contributed by atoms with E-state index in [1.165, 1.54) is 43.5 Å². The summed E-state index contributed by atoms with van der Waals surface area (Å²) >= 11 is 2.14. The summed E-state index contributed by atoms with van der Waals surface area (Å²) in [6.07, 6.45) is 9.91. The minimum Gasteiger partial charge on any atom is -0.354 e. The molecule has 1 aromatic heterocycles. The first-order valence-electron chi connectivity index (χ1n) is 6.85. The molecule has 1 fully saturated rings. The van der Waals surface area contributed by atoms with E-state index in [0.717, 1.165) is 18.3 Å². The number of aryl methyl sites for hydroxylation is 1. The number of hydrogen-bond acceptors (Lipinski definition) is 2. The van der Waals surface area contributed by atoms with Crippen LogP contribution in [0.2, 0.25) is 0 Å². The van der Waals surface area contributed by atoms with Gasteiger partial charge >= 0.3 is 0 Å². The second-order valence-corrected chi connectivity index (χ2v) is 6.29. The van der Waals surface area contributed by atoms with Crippen LogP contribution in [0.25, 0.3) is 0 Å². The zero-order valence-electron chi connectivity index (χ0n) is 10.8. The van der Waals surface area contributed by atoms with Crippen molar-refractivity contribution in [1.29, 1.82) is 0 Å². The van der Waals surface area contributed by atoms with Gasteiger partial charge in [0.1, 0.15) is 0 Å². The Balaban J connectivity index is 1.66. The predicted octanol–water partition coefficient (Wildman–Crippen LogP) is 3.27. The Morgan fingerprint density at radius 3 is 3.18 bits per heavy atom. The van der Waals surface area contributed by atoms with Gasteiger partial charge in [0.05, 0.1) is 0 Å². The lowest BCUT2D eigenvalue weighted by atomic mass is 10.2. The van der Waals surface area contributed by atoms with Gasteiger partial charge in [-0.05, 0) is 36.6 Å². The number of hydrogen-bond donors (Lipinski definition) is 1. The van der Waals surface area contributed by atoms with Crippen molar-refractivity contribution in [1.82, 2.24) is 9.88 Å². The van der Waals surface area contributed by atoms with E-state index in [4.69, 9.17) is 0 Å². The van der Waals surface area contributed by atoms with Crippen LogP contribution >= 0.6 is 11.8 Å². The van der Waals surface area contributed by atoms with E-state index >= 15 is 0 Å². The van der Waals surface area contributed by atoms with Crippen molar-refractivity contribution in [3.8, 4) is 0 Å². The Hall–Kier alpha value is -0.410. The summed E-state index contributed by atoms with van der Waals surface area (Å²) < 4.78 is 2.28. The van der Waals surface area contributed by atoms with Crippen molar-refractivity contribution < 1.29 is 0 Å². The summed E-state index contributed by atoms with van der Waals surface area (Å²) in [7, 11) is 0. The molecule has 96 valence electrons. The van der Waals surface area contributed by atoms with Gasteiger partial charge in [-0.3, -0.25) is 0 Å². The van der Waals surface area contributed by atoms with Crippen LogP contribution in [0.15, 0.2) is 18.5 Å². The topological polar surface area (TPSA) is 17.0 Å². The average Bonchev–Trinajstić information content (AvgIpc) is 2.79. The van der Waals surface area contributed by atoms with Crippen LogP contribution in [0.3, 0.4) is 0 Å². The first-order chi connectivity index (χ1) is 8.38. The smallest absolute Gasteiger partial charge is 0.0220 e. The Morgan fingerprint density at radius 2 is 2.41 bits per heavy atom. The minimum atomic E-state index is 0.849. The highest BCUT2D eigenvalue weighted by Crippen LogP contribution is 2.24. The summed E-state index contributed by atoms with van der Waals surface area (Å²) in [6, 6.07) is 2.23. The number of thioether (sulfide) groups is 1. The maximum atomic E-state index is 3.59. The SMILES string of the molecule is CCCn1ccc(CNCC2CCCCS2)c1. The predicted molar refractivity (Wildman–Crippen MR) is 76.5 cm³/mol. The third kappa shape index (κ3) is 4.40. The molecule has 0 radical (unpaired) electrons. The van der Waals surface area contributed by atoms with Crippen LogP contribution in [0.1, 0.15) is 38.2 Å². The van der Waals surface area contributed by atoms with Crippen LogP contribution in [-0.4, -0.2) is 22.1 Å². The molecule has 0 spiro atoms. The summed E-state index contributed by atoms with van der Waals surface area (Å²) in [5, 5.41) is 4.44. The van der Waals surface area contributed by atoms with Crippen LogP contribution in [0, 0.1) is 0 Å².